The molecule has 1 aliphatic heterocycles. The van der Waals surface area contributed by atoms with E-state index >= 15 is 0 Å². The van der Waals surface area contributed by atoms with Gasteiger partial charge in [0.2, 0.25) is 0 Å². The Kier molecular flexibility index (Phi) is 3.28. The molecular weight excluding hydrogens is 230 g/mol. The zero-order valence-electron chi connectivity index (χ0n) is 10.5. The highest BCUT2D eigenvalue weighted by Crippen LogP contribution is 2.30. The summed E-state index contributed by atoms with van der Waals surface area (Å²) in [6.07, 6.45) is 1.09. The second kappa shape index (κ2) is 4.72. The number of anilines is 1. The van der Waals surface area contributed by atoms with Gasteiger partial charge in [-0.3, -0.25) is 14.4 Å². The topological polar surface area (TPSA) is 54.5 Å². The van der Waals surface area contributed by atoms with Gasteiger partial charge in [0.15, 0.2) is 0 Å². The van der Waals surface area contributed by atoms with Crippen LogP contribution in [0.4, 0.5) is 5.69 Å². The molecule has 1 aliphatic rings. The normalized spacial score (nSPS) is 14.0. The van der Waals surface area contributed by atoms with E-state index in [4.69, 9.17) is 0 Å². The average Bonchev–Trinajstić information content (AvgIpc) is 2.59. The largest absolute Gasteiger partial charge is 0.304 e. The molecule has 0 unspecified atom stereocenters. The Bertz CT molecular complexity index is 534. The molecule has 2 rings (SSSR count). The van der Waals surface area contributed by atoms with Crippen molar-refractivity contribution in [2.24, 2.45) is 0 Å². The van der Waals surface area contributed by atoms with Crippen LogP contribution < -0.4 is 4.90 Å². The Labute approximate surface area is 106 Å². The van der Waals surface area contributed by atoms with Crippen molar-refractivity contribution in [1.82, 2.24) is 0 Å². The van der Waals surface area contributed by atoms with Crippen LogP contribution in [0.2, 0.25) is 0 Å². The summed E-state index contributed by atoms with van der Waals surface area (Å²) in [7, 11) is 0. The zero-order valence-corrected chi connectivity index (χ0v) is 10.5. The van der Waals surface area contributed by atoms with E-state index in [-0.39, 0.29) is 18.7 Å². The molecule has 94 valence electrons. The van der Waals surface area contributed by atoms with Crippen LogP contribution in [0.5, 0.6) is 0 Å². The number of carbonyl (C=O) groups is 3. The first-order chi connectivity index (χ1) is 8.54. The fourth-order valence-electron chi connectivity index (χ4n) is 2.06. The van der Waals surface area contributed by atoms with Crippen molar-refractivity contribution in [1.29, 1.82) is 0 Å². The number of hydrogen-bond donors (Lipinski definition) is 0. The summed E-state index contributed by atoms with van der Waals surface area (Å²) in [5.74, 6) is -0.989. The van der Waals surface area contributed by atoms with E-state index in [0.29, 0.717) is 11.3 Å². The molecule has 1 aromatic rings. The number of benzene rings is 1. The number of amides is 1. The molecule has 4 nitrogen and oxygen atoms in total. The van der Waals surface area contributed by atoms with Gasteiger partial charge in [-0.15, -0.1) is 0 Å². The first-order valence-corrected chi connectivity index (χ1v) is 6.03. The Morgan fingerprint density at radius 3 is 2.61 bits per heavy atom. The minimum Gasteiger partial charge on any atom is -0.304 e. The van der Waals surface area contributed by atoms with Gasteiger partial charge < -0.3 is 4.90 Å². The van der Waals surface area contributed by atoms with E-state index in [1.165, 1.54) is 11.8 Å². The van der Waals surface area contributed by atoms with Crippen LogP contribution in [-0.2, 0) is 16.0 Å². The predicted octanol–water partition coefficient (Wildman–Crippen LogP) is 1.76. The molecule has 18 heavy (non-hydrogen) atoms. The number of ketones is 2. The molecule has 1 amide bonds. The lowest BCUT2D eigenvalue weighted by Gasteiger charge is -2.15. The van der Waals surface area contributed by atoms with Crippen molar-refractivity contribution in [3.8, 4) is 0 Å². The monoisotopic (exact) mass is 245 g/mol. The lowest BCUT2D eigenvalue weighted by atomic mass is 10.1. The lowest BCUT2D eigenvalue weighted by Crippen LogP contribution is -2.31. The SMILES string of the molecule is CCc1ccc2c(c1)C(=O)C(=O)N2CCC(C)=O. The predicted molar refractivity (Wildman–Crippen MR) is 67.8 cm³/mol. The number of rotatable bonds is 4. The average molecular weight is 245 g/mol. The zero-order chi connectivity index (χ0) is 13.3. The smallest absolute Gasteiger partial charge is 0.299 e. The third-order valence-corrected chi connectivity index (χ3v) is 3.13. The molecule has 1 heterocycles. The molecular formula is C14H15NO3. The second-order valence-corrected chi connectivity index (χ2v) is 4.44. The molecule has 0 N–H and O–H groups in total. The molecule has 0 fully saturated rings. The van der Waals surface area contributed by atoms with Gasteiger partial charge in [0, 0.05) is 13.0 Å². The van der Waals surface area contributed by atoms with E-state index in [9.17, 15) is 14.4 Å². The van der Waals surface area contributed by atoms with Gasteiger partial charge in [0.25, 0.3) is 11.7 Å². The number of hydrogen-bond acceptors (Lipinski definition) is 3. The summed E-state index contributed by atoms with van der Waals surface area (Å²) in [6, 6.07) is 5.46. The van der Waals surface area contributed by atoms with Crippen molar-refractivity contribution >= 4 is 23.2 Å². The third-order valence-electron chi connectivity index (χ3n) is 3.13. The van der Waals surface area contributed by atoms with Crippen LogP contribution >= 0.6 is 0 Å². The van der Waals surface area contributed by atoms with Gasteiger partial charge in [0.05, 0.1) is 11.3 Å². The fraction of sp³-hybridized carbons (Fsp3) is 0.357. The molecule has 0 radical (unpaired) electrons. The Morgan fingerprint density at radius 2 is 2.00 bits per heavy atom. The van der Waals surface area contributed by atoms with E-state index < -0.39 is 11.7 Å². The molecule has 0 saturated heterocycles. The fourth-order valence-corrected chi connectivity index (χ4v) is 2.06. The highest BCUT2D eigenvalue weighted by Gasteiger charge is 2.35. The molecule has 0 saturated carbocycles. The first kappa shape index (κ1) is 12.5. The van der Waals surface area contributed by atoms with Gasteiger partial charge in [-0.05, 0) is 31.0 Å². The summed E-state index contributed by atoms with van der Waals surface area (Å²) in [5.41, 5.74) is 2.12. The molecule has 0 aliphatic carbocycles. The Hall–Kier alpha value is -1.97. The van der Waals surface area contributed by atoms with Crippen LogP contribution in [-0.4, -0.2) is 24.0 Å². The van der Waals surface area contributed by atoms with Crippen LogP contribution in [0.1, 0.15) is 36.2 Å². The van der Waals surface area contributed by atoms with Gasteiger partial charge in [-0.2, -0.15) is 0 Å². The molecule has 0 spiro atoms. The lowest BCUT2D eigenvalue weighted by molar-refractivity contribution is -0.117. The Balaban J connectivity index is 2.34. The van der Waals surface area contributed by atoms with Crippen molar-refractivity contribution < 1.29 is 14.4 Å². The van der Waals surface area contributed by atoms with Crippen molar-refractivity contribution in [2.75, 3.05) is 11.4 Å². The minimum absolute atomic E-state index is 0.00822. The Morgan fingerprint density at radius 1 is 1.28 bits per heavy atom. The number of Topliss-reactive ketones (excluding diaryl/α,β-unsaturated/α-hetero) is 2. The maximum atomic E-state index is 11.8. The highest BCUT2D eigenvalue weighted by molar-refractivity contribution is 6.52. The molecule has 4 heteroatoms. The summed E-state index contributed by atoms with van der Waals surface area (Å²) in [5, 5.41) is 0. The number of carbonyl (C=O) groups excluding carboxylic acids is 3. The first-order valence-electron chi connectivity index (χ1n) is 6.03. The van der Waals surface area contributed by atoms with Crippen LogP contribution in [0, 0.1) is 0 Å². The van der Waals surface area contributed by atoms with Gasteiger partial charge >= 0.3 is 0 Å². The van der Waals surface area contributed by atoms with Crippen molar-refractivity contribution in [3.63, 3.8) is 0 Å². The number of aryl methyl sites for hydroxylation is 1. The number of nitrogens with zero attached hydrogens (tertiary/aromatic N) is 1. The van der Waals surface area contributed by atoms with Crippen molar-refractivity contribution in [3.05, 3.63) is 29.3 Å². The van der Waals surface area contributed by atoms with Crippen LogP contribution in [0.15, 0.2) is 18.2 Å². The standard InChI is InChI=1S/C14H15NO3/c1-3-10-4-5-12-11(8-10)13(17)14(18)15(12)7-6-9(2)16/h4-5,8H,3,6-7H2,1-2H3. The summed E-state index contributed by atoms with van der Waals surface area (Å²) in [6.45, 7) is 3.75. The van der Waals surface area contributed by atoms with Gasteiger partial charge in [-0.25, -0.2) is 0 Å². The molecule has 0 atom stereocenters. The number of fused-ring (bicyclic) bond motifs is 1. The van der Waals surface area contributed by atoms with E-state index in [1.807, 2.05) is 13.0 Å². The molecule has 0 bridgehead atoms. The summed E-state index contributed by atoms with van der Waals surface area (Å²) < 4.78 is 0. The summed E-state index contributed by atoms with van der Waals surface area (Å²) in [4.78, 5) is 36.1. The van der Waals surface area contributed by atoms with Gasteiger partial charge in [-0.1, -0.05) is 13.0 Å². The van der Waals surface area contributed by atoms with Gasteiger partial charge in [0.1, 0.15) is 5.78 Å². The van der Waals surface area contributed by atoms with Crippen LogP contribution in [0.3, 0.4) is 0 Å². The minimum atomic E-state index is -0.528. The maximum Gasteiger partial charge on any atom is 0.299 e. The maximum absolute atomic E-state index is 11.8. The summed E-state index contributed by atoms with van der Waals surface area (Å²) >= 11 is 0. The highest BCUT2D eigenvalue weighted by atomic mass is 16.2. The van der Waals surface area contributed by atoms with Crippen molar-refractivity contribution in [2.45, 2.75) is 26.7 Å². The van der Waals surface area contributed by atoms with E-state index in [0.717, 1.165) is 12.0 Å². The quantitative estimate of drug-likeness (QED) is 0.759. The molecule has 1 aromatic carbocycles. The van der Waals surface area contributed by atoms with E-state index in [1.54, 1.807) is 12.1 Å². The van der Waals surface area contributed by atoms with Crippen LogP contribution in [0.25, 0.3) is 0 Å². The molecule has 0 aromatic heterocycles. The third kappa shape index (κ3) is 2.06. The van der Waals surface area contributed by atoms with E-state index in [2.05, 4.69) is 0 Å². The second-order valence-electron chi connectivity index (χ2n) is 4.44.